The number of carbonyl (C=O) groups excluding carboxylic acids is 1. The summed E-state index contributed by atoms with van der Waals surface area (Å²) in [5.41, 5.74) is 4.55. The van der Waals surface area contributed by atoms with Crippen molar-refractivity contribution >= 4 is 40.7 Å². The number of amides is 1. The average molecular weight is 258 g/mol. The summed E-state index contributed by atoms with van der Waals surface area (Å²) in [6.45, 7) is 0. The van der Waals surface area contributed by atoms with Gasteiger partial charge in [-0.3, -0.25) is 10.2 Å². The Kier molecular flexibility index (Phi) is 2.70. The predicted octanol–water partition coefficient (Wildman–Crippen LogP) is 2.67. The maximum atomic E-state index is 11.7. The van der Waals surface area contributed by atoms with Crippen molar-refractivity contribution in [1.29, 1.82) is 0 Å². The first-order chi connectivity index (χ1) is 8.79. The molecule has 90 valence electrons. The molecule has 0 fully saturated rings. The van der Waals surface area contributed by atoms with Crippen LogP contribution in [0, 0.1) is 0 Å². The van der Waals surface area contributed by atoms with E-state index in [0.29, 0.717) is 5.56 Å². The molecule has 18 heavy (non-hydrogen) atoms. The van der Waals surface area contributed by atoms with Crippen LogP contribution >= 0.6 is 12.8 Å². The van der Waals surface area contributed by atoms with Crippen LogP contribution in [0.4, 0.5) is 0 Å². The quantitative estimate of drug-likeness (QED) is 0.489. The highest BCUT2D eigenvalue weighted by atomic mass is 32.1. The van der Waals surface area contributed by atoms with Crippen molar-refractivity contribution in [2.75, 3.05) is 0 Å². The third-order valence-electron chi connectivity index (χ3n) is 2.81. The predicted molar refractivity (Wildman–Crippen MR) is 73.3 cm³/mol. The Balaban J connectivity index is 2.21. The molecule has 4 nitrogen and oxygen atoms in total. The molecule has 0 saturated carbocycles. The maximum absolute atomic E-state index is 11.7. The number of benzene rings is 2. The van der Waals surface area contributed by atoms with Crippen molar-refractivity contribution in [2.45, 2.75) is 0 Å². The third kappa shape index (κ3) is 1.73. The topological polar surface area (TPSA) is 54.3 Å². The van der Waals surface area contributed by atoms with Crippen molar-refractivity contribution < 1.29 is 9.21 Å². The molecular weight excluding hydrogens is 248 g/mol. The Labute approximate surface area is 108 Å². The highest BCUT2D eigenvalue weighted by Gasteiger charge is 2.10. The van der Waals surface area contributed by atoms with E-state index in [1.165, 1.54) is 0 Å². The van der Waals surface area contributed by atoms with Gasteiger partial charge in [0.05, 0.1) is 0 Å². The van der Waals surface area contributed by atoms with Crippen molar-refractivity contribution in [3.8, 4) is 0 Å². The van der Waals surface area contributed by atoms with Gasteiger partial charge in [0.2, 0.25) is 0 Å². The van der Waals surface area contributed by atoms with Crippen LogP contribution in [0.3, 0.4) is 0 Å². The number of hydrogen-bond donors (Lipinski definition) is 3. The van der Waals surface area contributed by atoms with E-state index in [9.17, 15) is 4.79 Å². The van der Waals surface area contributed by atoms with Gasteiger partial charge in [0.25, 0.3) is 5.91 Å². The molecule has 0 bridgehead atoms. The number of fused-ring (bicyclic) bond motifs is 3. The number of para-hydroxylation sites is 1. The lowest BCUT2D eigenvalue weighted by molar-refractivity contribution is 0.0947. The van der Waals surface area contributed by atoms with Crippen molar-refractivity contribution in [2.24, 2.45) is 0 Å². The second kappa shape index (κ2) is 4.36. The van der Waals surface area contributed by atoms with E-state index in [1.54, 1.807) is 12.1 Å². The van der Waals surface area contributed by atoms with Crippen molar-refractivity contribution in [1.82, 2.24) is 10.3 Å². The monoisotopic (exact) mass is 258 g/mol. The van der Waals surface area contributed by atoms with Crippen LogP contribution in [0.25, 0.3) is 21.9 Å². The Hall–Kier alpha value is -1.98. The Bertz CT molecular complexity index is 736. The molecule has 0 radical (unpaired) electrons. The van der Waals surface area contributed by atoms with E-state index in [4.69, 9.17) is 4.42 Å². The van der Waals surface area contributed by atoms with Gasteiger partial charge in [-0.2, -0.15) is 4.83 Å². The molecule has 0 unspecified atom stereocenters. The number of carbonyl (C=O) groups is 1. The summed E-state index contributed by atoms with van der Waals surface area (Å²) in [5, 5.41) is 1.93. The standard InChI is InChI=1S/C13H10N2O2S/c16-13(14-15-18)8-5-6-12-10(7-8)9-3-1-2-4-11(9)17-12/h1-7,15,18H,(H,14,16). The lowest BCUT2D eigenvalue weighted by Crippen LogP contribution is -2.30. The SMILES string of the molecule is O=C(NNS)c1ccc2oc3ccccc3c2c1. The molecule has 0 aliphatic heterocycles. The maximum Gasteiger partial charge on any atom is 0.266 e. The smallest absolute Gasteiger partial charge is 0.266 e. The first kappa shape index (κ1) is 11.1. The minimum atomic E-state index is -0.239. The number of nitrogens with one attached hydrogen (secondary N) is 2. The van der Waals surface area contributed by atoms with Crippen molar-refractivity contribution in [3.63, 3.8) is 0 Å². The number of hydrogen-bond acceptors (Lipinski definition) is 4. The highest BCUT2D eigenvalue weighted by molar-refractivity contribution is 7.78. The minimum absolute atomic E-state index is 0.239. The summed E-state index contributed by atoms with van der Waals surface area (Å²) in [6.07, 6.45) is 0. The van der Waals surface area contributed by atoms with Crippen LogP contribution in [-0.2, 0) is 0 Å². The molecule has 2 N–H and O–H groups in total. The van der Waals surface area contributed by atoms with Crippen molar-refractivity contribution in [3.05, 3.63) is 48.0 Å². The number of furan rings is 1. The molecule has 3 rings (SSSR count). The molecule has 3 aromatic rings. The molecular formula is C13H10N2O2S. The van der Waals surface area contributed by atoms with Crippen LogP contribution in [0.1, 0.15) is 10.4 Å². The Morgan fingerprint density at radius 2 is 1.83 bits per heavy atom. The number of hydrazine groups is 1. The van der Waals surface area contributed by atoms with Gasteiger partial charge in [-0.1, -0.05) is 31.0 Å². The summed E-state index contributed by atoms with van der Waals surface area (Å²) >= 11 is 3.73. The molecule has 1 aromatic heterocycles. The van der Waals surface area contributed by atoms with E-state index in [-0.39, 0.29) is 5.91 Å². The molecule has 1 amide bonds. The first-order valence-corrected chi connectivity index (χ1v) is 5.85. The number of thiol groups is 1. The van der Waals surface area contributed by atoms with E-state index in [1.807, 2.05) is 30.3 Å². The van der Waals surface area contributed by atoms with E-state index in [2.05, 4.69) is 23.1 Å². The minimum Gasteiger partial charge on any atom is -0.456 e. The largest absolute Gasteiger partial charge is 0.456 e. The molecule has 0 saturated heterocycles. The van der Waals surface area contributed by atoms with Gasteiger partial charge in [-0.15, -0.1) is 0 Å². The second-order valence-corrected chi connectivity index (χ2v) is 4.10. The lowest BCUT2D eigenvalue weighted by Gasteiger charge is -2.01. The van der Waals surface area contributed by atoms with Gasteiger partial charge in [-0.25, -0.2) is 0 Å². The zero-order chi connectivity index (χ0) is 12.5. The molecule has 5 heteroatoms. The second-order valence-electron chi connectivity index (χ2n) is 3.88. The fraction of sp³-hybridized carbons (Fsp3) is 0. The van der Waals surface area contributed by atoms with E-state index < -0.39 is 0 Å². The van der Waals surface area contributed by atoms with Gasteiger partial charge < -0.3 is 4.42 Å². The Morgan fingerprint density at radius 1 is 1.06 bits per heavy atom. The van der Waals surface area contributed by atoms with Crippen LogP contribution in [0.15, 0.2) is 46.9 Å². The highest BCUT2D eigenvalue weighted by Crippen LogP contribution is 2.28. The summed E-state index contributed by atoms with van der Waals surface area (Å²) in [6, 6.07) is 13.1. The van der Waals surface area contributed by atoms with Crippen LogP contribution < -0.4 is 10.3 Å². The first-order valence-electron chi connectivity index (χ1n) is 5.40. The molecule has 0 spiro atoms. The van der Waals surface area contributed by atoms with Gasteiger partial charge in [0.15, 0.2) is 0 Å². The molecule has 1 heterocycles. The molecule has 0 aliphatic carbocycles. The summed E-state index contributed by atoms with van der Waals surface area (Å²) in [7, 11) is 0. The fourth-order valence-corrected chi connectivity index (χ4v) is 2.09. The van der Waals surface area contributed by atoms with Gasteiger partial charge >= 0.3 is 0 Å². The van der Waals surface area contributed by atoms with Gasteiger partial charge in [0.1, 0.15) is 11.2 Å². The lowest BCUT2D eigenvalue weighted by atomic mass is 10.1. The fourth-order valence-electron chi connectivity index (χ4n) is 1.99. The molecule has 0 aliphatic rings. The summed E-state index contributed by atoms with van der Waals surface area (Å²) < 4.78 is 5.68. The van der Waals surface area contributed by atoms with Crippen LogP contribution in [0.5, 0.6) is 0 Å². The zero-order valence-corrected chi connectivity index (χ0v) is 10.2. The molecule has 0 atom stereocenters. The average Bonchev–Trinajstić information content (AvgIpc) is 2.76. The Morgan fingerprint density at radius 3 is 2.67 bits per heavy atom. The molecule has 2 aromatic carbocycles. The zero-order valence-electron chi connectivity index (χ0n) is 9.31. The summed E-state index contributed by atoms with van der Waals surface area (Å²) in [4.78, 5) is 14.0. The van der Waals surface area contributed by atoms with Gasteiger partial charge in [0, 0.05) is 16.3 Å². The van der Waals surface area contributed by atoms with Crippen LogP contribution in [-0.4, -0.2) is 5.91 Å². The normalized spacial score (nSPS) is 10.9. The van der Waals surface area contributed by atoms with E-state index >= 15 is 0 Å². The summed E-state index contributed by atoms with van der Waals surface area (Å²) in [5.74, 6) is -0.239. The van der Waals surface area contributed by atoms with E-state index in [0.717, 1.165) is 21.9 Å². The van der Waals surface area contributed by atoms with Crippen LogP contribution in [0.2, 0.25) is 0 Å². The third-order valence-corrected chi connectivity index (χ3v) is 2.92. The number of rotatable bonds is 2. The van der Waals surface area contributed by atoms with Gasteiger partial charge in [-0.05, 0) is 24.3 Å².